The molecule has 0 rings (SSSR count). The number of hydrogen-bond acceptors (Lipinski definition) is 3. The minimum atomic E-state index is -0.0160. The molecule has 0 fully saturated rings. The van der Waals surface area contributed by atoms with Crippen LogP contribution in [0, 0.1) is 11.3 Å². The van der Waals surface area contributed by atoms with Gasteiger partial charge in [0, 0.05) is 0 Å². The zero-order valence-corrected chi connectivity index (χ0v) is 10.9. The van der Waals surface area contributed by atoms with E-state index in [-0.39, 0.29) is 18.6 Å². The fourth-order valence-corrected chi connectivity index (χ4v) is 1.53. The van der Waals surface area contributed by atoms with Gasteiger partial charge in [-0.25, -0.2) is 0 Å². The molecule has 3 heteroatoms. The van der Waals surface area contributed by atoms with Crippen LogP contribution in [0.1, 0.15) is 34.1 Å². The minimum absolute atomic E-state index is 0.0160. The van der Waals surface area contributed by atoms with Crippen molar-refractivity contribution < 1.29 is 9.84 Å². The van der Waals surface area contributed by atoms with Gasteiger partial charge in [-0.1, -0.05) is 39.8 Å². The fraction of sp³-hybridized carbons (Fsp3) is 0.692. The van der Waals surface area contributed by atoms with Gasteiger partial charge in [0.15, 0.2) is 5.88 Å². The number of rotatable bonds is 6. The normalized spacial score (nSPS) is 15.4. The molecule has 0 aliphatic heterocycles. The van der Waals surface area contributed by atoms with Crippen LogP contribution in [0.4, 0.5) is 0 Å². The van der Waals surface area contributed by atoms with Crippen LogP contribution in [0.3, 0.4) is 0 Å². The lowest BCUT2D eigenvalue weighted by molar-refractivity contribution is 0.143. The van der Waals surface area contributed by atoms with Crippen LogP contribution >= 0.6 is 0 Å². The van der Waals surface area contributed by atoms with Crippen molar-refractivity contribution in [1.29, 1.82) is 0 Å². The average molecular weight is 227 g/mol. The monoisotopic (exact) mass is 227 g/mol. The number of allylic oxidation sites excluding steroid dienone is 3. The summed E-state index contributed by atoms with van der Waals surface area (Å²) in [6.45, 7) is 9.07. The number of hydrogen-bond donors (Lipinski definition) is 2. The van der Waals surface area contributed by atoms with Gasteiger partial charge in [-0.3, -0.25) is 0 Å². The fourth-order valence-electron chi connectivity index (χ4n) is 1.53. The van der Waals surface area contributed by atoms with Crippen LogP contribution in [0.25, 0.3) is 0 Å². The predicted octanol–water partition coefficient (Wildman–Crippen LogP) is 2.42. The van der Waals surface area contributed by atoms with Crippen molar-refractivity contribution in [2.24, 2.45) is 17.1 Å². The Morgan fingerprint density at radius 2 is 2.06 bits per heavy atom. The van der Waals surface area contributed by atoms with Gasteiger partial charge < -0.3 is 15.6 Å². The zero-order chi connectivity index (χ0) is 12.6. The van der Waals surface area contributed by atoms with Crippen molar-refractivity contribution >= 4 is 0 Å². The predicted molar refractivity (Wildman–Crippen MR) is 67.7 cm³/mol. The second kappa shape index (κ2) is 7.34. The Bertz CT molecular complexity index is 239. The van der Waals surface area contributed by atoms with Crippen molar-refractivity contribution in [3.63, 3.8) is 0 Å². The van der Waals surface area contributed by atoms with E-state index in [2.05, 4.69) is 33.8 Å². The number of nitrogens with two attached hydrogens (primary N) is 1. The SMILES string of the molecule is CCC(/C=C\C=C(/N)OCCO)C(C)(C)C. The van der Waals surface area contributed by atoms with E-state index in [4.69, 9.17) is 15.6 Å². The second-order valence-electron chi connectivity index (χ2n) is 4.91. The van der Waals surface area contributed by atoms with Crippen molar-refractivity contribution in [1.82, 2.24) is 0 Å². The van der Waals surface area contributed by atoms with Gasteiger partial charge in [0.1, 0.15) is 6.61 Å². The van der Waals surface area contributed by atoms with E-state index in [1.54, 1.807) is 6.08 Å². The van der Waals surface area contributed by atoms with E-state index in [9.17, 15) is 0 Å². The maximum atomic E-state index is 8.55. The lowest BCUT2D eigenvalue weighted by Crippen LogP contribution is -2.17. The van der Waals surface area contributed by atoms with Gasteiger partial charge >= 0.3 is 0 Å². The lowest BCUT2D eigenvalue weighted by atomic mass is 9.79. The Kier molecular flexibility index (Phi) is 6.90. The number of ether oxygens (including phenoxy) is 1. The Morgan fingerprint density at radius 3 is 2.50 bits per heavy atom. The molecule has 1 unspecified atom stereocenters. The first-order valence-corrected chi connectivity index (χ1v) is 5.79. The van der Waals surface area contributed by atoms with E-state index in [0.29, 0.717) is 11.8 Å². The molecule has 0 amide bonds. The van der Waals surface area contributed by atoms with Crippen LogP contribution in [0.2, 0.25) is 0 Å². The molecule has 3 nitrogen and oxygen atoms in total. The molecule has 0 aliphatic rings. The molecule has 0 aliphatic carbocycles. The molecule has 16 heavy (non-hydrogen) atoms. The Hall–Kier alpha value is -0.960. The van der Waals surface area contributed by atoms with Crippen LogP contribution in [-0.2, 0) is 4.74 Å². The van der Waals surface area contributed by atoms with Crippen molar-refractivity contribution in [2.45, 2.75) is 34.1 Å². The molecular formula is C13H25NO2. The maximum absolute atomic E-state index is 8.55. The topological polar surface area (TPSA) is 55.5 Å². The maximum Gasteiger partial charge on any atom is 0.184 e. The molecule has 0 aromatic heterocycles. The highest BCUT2D eigenvalue weighted by Crippen LogP contribution is 2.29. The quantitative estimate of drug-likeness (QED) is 0.541. The molecule has 0 spiro atoms. The standard InChI is InChI=1S/C13H25NO2/c1-5-11(13(2,3)4)7-6-8-12(14)16-10-9-15/h6-8,11,15H,5,9-10,14H2,1-4H3/b7-6-,12-8+. The van der Waals surface area contributed by atoms with Crippen molar-refractivity contribution in [2.75, 3.05) is 13.2 Å². The molecular weight excluding hydrogens is 202 g/mol. The highest BCUT2D eigenvalue weighted by atomic mass is 16.5. The summed E-state index contributed by atoms with van der Waals surface area (Å²) in [7, 11) is 0. The van der Waals surface area contributed by atoms with Gasteiger partial charge in [0.2, 0.25) is 0 Å². The molecule has 0 radical (unpaired) electrons. The van der Waals surface area contributed by atoms with Crippen molar-refractivity contribution in [3.05, 3.63) is 24.1 Å². The van der Waals surface area contributed by atoms with E-state index in [0.717, 1.165) is 6.42 Å². The Morgan fingerprint density at radius 1 is 1.44 bits per heavy atom. The van der Waals surface area contributed by atoms with Crippen LogP contribution in [0.15, 0.2) is 24.1 Å². The highest BCUT2D eigenvalue weighted by molar-refractivity contribution is 5.08. The summed E-state index contributed by atoms with van der Waals surface area (Å²) < 4.78 is 5.03. The third-order valence-corrected chi connectivity index (χ3v) is 2.52. The summed E-state index contributed by atoms with van der Waals surface area (Å²) in [6, 6.07) is 0. The molecule has 3 N–H and O–H groups in total. The van der Waals surface area contributed by atoms with Crippen LogP contribution < -0.4 is 5.73 Å². The summed E-state index contributed by atoms with van der Waals surface area (Å²) in [5, 5.41) is 8.55. The third kappa shape index (κ3) is 6.51. The summed E-state index contributed by atoms with van der Waals surface area (Å²) in [5.74, 6) is 0.864. The van der Waals surface area contributed by atoms with Gasteiger partial charge in [-0.2, -0.15) is 0 Å². The lowest BCUT2D eigenvalue weighted by Gasteiger charge is -2.26. The molecule has 94 valence electrons. The van der Waals surface area contributed by atoms with Crippen LogP contribution in [0.5, 0.6) is 0 Å². The summed E-state index contributed by atoms with van der Waals surface area (Å²) >= 11 is 0. The van der Waals surface area contributed by atoms with E-state index < -0.39 is 0 Å². The van der Waals surface area contributed by atoms with Gasteiger partial charge in [-0.15, -0.1) is 0 Å². The molecule has 0 saturated carbocycles. The summed E-state index contributed by atoms with van der Waals surface area (Å²) in [5.41, 5.74) is 5.84. The second-order valence-corrected chi connectivity index (χ2v) is 4.91. The van der Waals surface area contributed by atoms with Gasteiger partial charge in [0.25, 0.3) is 0 Å². The molecule has 1 atom stereocenters. The molecule has 0 aromatic carbocycles. The average Bonchev–Trinajstić information content (AvgIpc) is 2.19. The van der Waals surface area contributed by atoms with E-state index in [1.807, 2.05) is 6.08 Å². The van der Waals surface area contributed by atoms with Gasteiger partial charge in [0.05, 0.1) is 6.61 Å². The van der Waals surface area contributed by atoms with Crippen molar-refractivity contribution in [3.8, 4) is 0 Å². The minimum Gasteiger partial charge on any atom is -0.477 e. The van der Waals surface area contributed by atoms with E-state index in [1.165, 1.54) is 0 Å². The molecule has 0 saturated heterocycles. The van der Waals surface area contributed by atoms with Crippen LogP contribution in [-0.4, -0.2) is 18.3 Å². The van der Waals surface area contributed by atoms with E-state index >= 15 is 0 Å². The summed E-state index contributed by atoms with van der Waals surface area (Å²) in [4.78, 5) is 0. The first-order chi connectivity index (χ1) is 7.41. The largest absolute Gasteiger partial charge is 0.477 e. The highest BCUT2D eigenvalue weighted by Gasteiger charge is 2.19. The first-order valence-electron chi connectivity index (χ1n) is 5.79. The van der Waals surface area contributed by atoms with Gasteiger partial charge in [-0.05, 0) is 23.8 Å². The molecule has 0 aromatic rings. The Labute approximate surface area is 99.0 Å². The number of aliphatic hydroxyl groups excluding tert-OH is 1. The third-order valence-electron chi connectivity index (χ3n) is 2.52. The summed E-state index contributed by atoms with van der Waals surface area (Å²) in [6.07, 6.45) is 6.90. The molecule has 0 heterocycles. The zero-order valence-electron chi connectivity index (χ0n) is 10.9. The number of aliphatic hydroxyl groups is 1. The smallest absolute Gasteiger partial charge is 0.184 e. The first kappa shape index (κ1) is 15.0. The molecule has 0 bridgehead atoms. The Balaban J connectivity index is 4.25.